The summed E-state index contributed by atoms with van der Waals surface area (Å²) in [5.41, 5.74) is 0.620. The second-order valence-electron chi connectivity index (χ2n) is 4.39. The van der Waals surface area contributed by atoms with Crippen LogP contribution in [-0.2, 0) is 21.4 Å². The molecule has 5 nitrogen and oxygen atoms in total. The second kappa shape index (κ2) is 6.66. The third-order valence-electron chi connectivity index (χ3n) is 2.75. The molecule has 2 N–H and O–H groups in total. The number of carbonyl (C=O) groups excluding carboxylic acids is 1. The van der Waals surface area contributed by atoms with E-state index < -0.39 is 16.0 Å². The Balaban J connectivity index is 2.19. The topological polar surface area (TPSA) is 86.5 Å². The van der Waals surface area contributed by atoms with E-state index in [0.717, 1.165) is 6.07 Å². The molecule has 8 heteroatoms. The summed E-state index contributed by atoms with van der Waals surface area (Å²) in [5, 5.41) is 5.61. The van der Waals surface area contributed by atoms with Crippen molar-refractivity contribution < 1.29 is 17.9 Å². The van der Waals surface area contributed by atoms with Crippen LogP contribution in [0.25, 0.3) is 0 Å². The highest BCUT2D eigenvalue weighted by Gasteiger charge is 2.17. The number of hydrogen-bond acceptors (Lipinski definition) is 4. The van der Waals surface area contributed by atoms with Crippen LogP contribution in [0.3, 0.4) is 0 Å². The Morgan fingerprint density at radius 1 is 1.14 bits per heavy atom. The summed E-state index contributed by atoms with van der Waals surface area (Å²) in [6.45, 7) is -0.0185. The smallest absolute Gasteiger partial charge is 0.340 e. The van der Waals surface area contributed by atoms with Gasteiger partial charge in [-0.2, -0.15) is 0 Å². The number of rotatable bonds is 4. The van der Waals surface area contributed by atoms with E-state index in [2.05, 4.69) is 0 Å². The van der Waals surface area contributed by atoms with Gasteiger partial charge >= 0.3 is 5.97 Å². The summed E-state index contributed by atoms with van der Waals surface area (Å²) < 4.78 is 27.7. The fourth-order valence-corrected chi connectivity index (χ4v) is 2.64. The average molecular weight is 360 g/mol. The van der Waals surface area contributed by atoms with E-state index in [-0.39, 0.29) is 22.1 Å². The molecule has 0 saturated heterocycles. The van der Waals surface area contributed by atoms with Crippen LogP contribution in [0.5, 0.6) is 0 Å². The molecule has 0 aromatic heterocycles. The molecule has 0 fully saturated rings. The molecule has 0 spiro atoms. The number of benzene rings is 2. The van der Waals surface area contributed by atoms with Crippen molar-refractivity contribution in [1.82, 2.24) is 0 Å². The van der Waals surface area contributed by atoms with Gasteiger partial charge in [0.05, 0.1) is 15.5 Å². The van der Waals surface area contributed by atoms with Crippen molar-refractivity contribution in [2.75, 3.05) is 0 Å². The Labute approximate surface area is 137 Å². The van der Waals surface area contributed by atoms with Crippen molar-refractivity contribution in [2.45, 2.75) is 11.5 Å². The summed E-state index contributed by atoms with van der Waals surface area (Å²) in [5.74, 6) is -0.754. The van der Waals surface area contributed by atoms with Gasteiger partial charge in [-0.25, -0.2) is 18.4 Å². The molecule has 2 rings (SSSR count). The van der Waals surface area contributed by atoms with Crippen molar-refractivity contribution in [3.8, 4) is 0 Å². The standard InChI is InChI=1S/C14H11Cl2NO4S/c15-10-3-1-2-9(6-10)8-21-14(18)12-7-11(22(17,19)20)4-5-13(12)16/h1-7H,8H2,(H2,17,19,20). The normalized spacial score (nSPS) is 11.2. The molecule has 0 amide bonds. The molecule has 0 bridgehead atoms. The molecule has 0 saturated carbocycles. The number of primary sulfonamides is 1. The zero-order chi connectivity index (χ0) is 16.3. The minimum Gasteiger partial charge on any atom is -0.457 e. The molecule has 0 radical (unpaired) electrons. The van der Waals surface area contributed by atoms with Crippen LogP contribution < -0.4 is 5.14 Å². The minimum atomic E-state index is -3.93. The lowest BCUT2D eigenvalue weighted by Crippen LogP contribution is -2.14. The molecular formula is C14H11Cl2NO4S. The monoisotopic (exact) mass is 359 g/mol. The summed E-state index contributed by atoms with van der Waals surface area (Å²) in [6.07, 6.45) is 0. The second-order valence-corrected chi connectivity index (χ2v) is 6.80. The lowest BCUT2D eigenvalue weighted by atomic mass is 10.2. The summed E-state index contributed by atoms with van der Waals surface area (Å²) in [6, 6.07) is 10.4. The van der Waals surface area contributed by atoms with E-state index >= 15 is 0 Å². The van der Waals surface area contributed by atoms with Crippen LogP contribution in [0.15, 0.2) is 47.4 Å². The van der Waals surface area contributed by atoms with E-state index in [1.54, 1.807) is 24.3 Å². The minimum absolute atomic E-state index is 0.0185. The van der Waals surface area contributed by atoms with Crippen LogP contribution in [0.1, 0.15) is 15.9 Å². The van der Waals surface area contributed by atoms with E-state index in [9.17, 15) is 13.2 Å². The van der Waals surface area contributed by atoms with E-state index in [0.29, 0.717) is 10.6 Å². The molecule has 0 aliphatic carbocycles. The Kier molecular flexibility index (Phi) is 5.08. The maximum atomic E-state index is 12.0. The number of esters is 1. The number of sulfonamides is 1. The maximum absolute atomic E-state index is 12.0. The lowest BCUT2D eigenvalue weighted by molar-refractivity contribution is 0.0472. The zero-order valence-electron chi connectivity index (χ0n) is 11.1. The first-order valence-corrected chi connectivity index (χ1v) is 8.31. The van der Waals surface area contributed by atoms with E-state index in [1.165, 1.54) is 12.1 Å². The van der Waals surface area contributed by atoms with Gasteiger partial charge in [-0.05, 0) is 35.9 Å². The van der Waals surface area contributed by atoms with Crippen LogP contribution >= 0.6 is 23.2 Å². The van der Waals surface area contributed by atoms with Gasteiger partial charge in [0.2, 0.25) is 10.0 Å². The summed E-state index contributed by atoms with van der Waals surface area (Å²) >= 11 is 11.7. The van der Waals surface area contributed by atoms with Crippen LogP contribution in [0.2, 0.25) is 10.0 Å². The molecule has 116 valence electrons. The highest BCUT2D eigenvalue weighted by Crippen LogP contribution is 2.21. The Bertz CT molecular complexity index is 821. The van der Waals surface area contributed by atoms with Gasteiger partial charge < -0.3 is 4.74 Å². The highest BCUT2D eigenvalue weighted by atomic mass is 35.5. The highest BCUT2D eigenvalue weighted by molar-refractivity contribution is 7.89. The summed E-state index contributed by atoms with van der Waals surface area (Å²) in [7, 11) is -3.93. The predicted octanol–water partition coefficient (Wildman–Crippen LogP) is 3.00. The Morgan fingerprint density at radius 2 is 1.86 bits per heavy atom. The molecule has 0 atom stereocenters. The Morgan fingerprint density at radius 3 is 2.50 bits per heavy atom. The van der Waals surface area contributed by atoms with Gasteiger partial charge in [0, 0.05) is 5.02 Å². The number of carbonyl (C=O) groups is 1. The van der Waals surface area contributed by atoms with Crippen molar-refractivity contribution in [1.29, 1.82) is 0 Å². The van der Waals surface area contributed by atoms with Crippen molar-refractivity contribution >= 4 is 39.2 Å². The van der Waals surface area contributed by atoms with E-state index in [4.69, 9.17) is 33.1 Å². The molecule has 0 aliphatic rings. The average Bonchev–Trinajstić information content (AvgIpc) is 2.44. The number of nitrogens with two attached hydrogens (primary N) is 1. The molecule has 22 heavy (non-hydrogen) atoms. The van der Waals surface area contributed by atoms with Crippen LogP contribution in [-0.4, -0.2) is 14.4 Å². The van der Waals surface area contributed by atoms with Gasteiger partial charge in [0.15, 0.2) is 0 Å². The first-order valence-electron chi connectivity index (χ1n) is 6.01. The SMILES string of the molecule is NS(=O)(=O)c1ccc(Cl)c(C(=O)OCc2cccc(Cl)c2)c1. The molecular weight excluding hydrogens is 349 g/mol. The molecule has 0 heterocycles. The maximum Gasteiger partial charge on any atom is 0.340 e. The number of hydrogen-bond donors (Lipinski definition) is 1. The molecule has 0 aliphatic heterocycles. The van der Waals surface area contributed by atoms with Crippen molar-refractivity contribution in [3.63, 3.8) is 0 Å². The van der Waals surface area contributed by atoms with Gasteiger partial charge in [-0.1, -0.05) is 35.3 Å². The quantitative estimate of drug-likeness (QED) is 0.850. The predicted molar refractivity (Wildman–Crippen MR) is 83.4 cm³/mol. The first kappa shape index (κ1) is 16.8. The number of halogens is 2. The molecule has 2 aromatic rings. The first-order chi connectivity index (χ1) is 10.3. The van der Waals surface area contributed by atoms with Gasteiger partial charge in [0.1, 0.15) is 6.61 Å². The third-order valence-corrected chi connectivity index (χ3v) is 4.22. The molecule has 2 aromatic carbocycles. The fraction of sp³-hybridized carbons (Fsp3) is 0.0714. The van der Waals surface area contributed by atoms with Gasteiger partial charge in [-0.15, -0.1) is 0 Å². The lowest BCUT2D eigenvalue weighted by Gasteiger charge is -2.08. The van der Waals surface area contributed by atoms with Gasteiger partial charge in [-0.3, -0.25) is 0 Å². The Hall–Kier alpha value is -1.60. The molecule has 0 unspecified atom stereocenters. The van der Waals surface area contributed by atoms with Crippen molar-refractivity contribution in [2.24, 2.45) is 5.14 Å². The largest absolute Gasteiger partial charge is 0.457 e. The van der Waals surface area contributed by atoms with E-state index in [1.807, 2.05) is 0 Å². The zero-order valence-corrected chi connectivity index (χ0v) is 13.5. The van der Waals surface area contributed by atoms with Crippen LogP contribution in [0.4, 0.5) is 0 Å². The van der Waals surface area contributed by atoms with Gasteiger partial charge in [0.25, 0.3) is 0 Å². The number of ether oxygens (including phenoxy) is 1. The summed E-state index contributed by atoms with van der Waals surface area (Å²) in [4.78, 5) is 11.8. The third kappa shape index (κ3) is 4.20. The fourth-order valence-electron chi connectivity index (χ4n) is 1.69. The van der Waals surface area contributed by atoms with Crippen LogP contribution in [0, 0.1) is 0 Å². The van der Waals surface area contributed by atoms with Crippen molar-refractivity contribution in [3.05, 3.63) is 63.6 Å².